The summed E-state index contributed by atoms with van der Waals surface area (Å²) in [5.74, 6) is 0.0635. The predicted octanol–water partition coefficient (Wildman–Crippen LogP) is 2.98. The van der Waals surface area contributed by atoms with Crippen LogP contribution < -0.4 is 14.8 Å². The van der Waals surface area contributed by atoms with Gasteiger partial charge in [-0.1, -0.05) is 6.42 Å². The number of rotatable bonds is 8. The van der Waals surface area contributed by atoms with Gasteiger partial charge in [0.1, 0.15) is 16.4 Å². The van der Waals surface area contributed by atoms with Crippen molar-refractivity contribution >= 4 is 27.5 Å². The van der Waals surface area contributed by atoms with Crippen molar-refractivity contribution in [3.63, 3.8) is 0 Å². The Hall–Kier alpha value is -3.11. The molecule has 0 radical (unpaired) electrons. The highest BCUT2D eigenvalue weighted by atomic mass is 32.2. The third-order valence-electron chi connectivity index (χ3n) is 5.73. The van der Waals surface area contributed by atoms with Gasteiger partial charge in [0.05, 0.1) is 7.11 Å². The third kappa shape index (κ3) is 5.87. The minimum atomic E-state index is -3.83. The number of ether oxygens (including phenoxy) is 2. The summed E-state index contributed by atoms with van der Waals surface area (Å²) in [7, 11) is 0.871. The lowest BCUT2D eigenvalue weighted by Gasteiger charge is -2.32. The van der Waals surface area contributed by atoms with Gasteiger partial charge in [-0.2, -0.15) is 4.31 Å². The SMILES string of the molecule is COc1ccc(C(=O)Nc2ccc(OCC(=O)N(C)C)cc2)cc1S(=O)(=O)N1CCCCC1C. The number of likely N-dealkylation sites (N-methyl/N-ethyl adjacent to an activating group) is 1. The number of amides is 2. The molecular formula is C24H31N3O6S. The molecule has 1 aliphatic rings. The third-order valence-corrected chi connectivity index (χ3v) is 7.76. The van der Waals surface area contributed by atoms with Crippen LogP contribution in [0.15, 0.2) is 47.4 Å². The van der Waals surface area contributed by atoms with E-state index in [4.69, 9.17) is 9.47 Å². The Morgan fingerprint density at radius 3 is 2.44 bits per heavy atom. The second kappa shape index (κ2) is 10.9. The lowest BCUT2D eigenvalue weighted by Crippen LogP contribution is -2.42. The maximum atomic E-state index is 13.4. The summed E-state index contributed by atoms with van der Waals surface area (Å²) in [6.07, 6.45) is 2.59. The largest absolute Gasteiger partial charge is 0.495 e. The number of sulfonamides is 1. The van der Waals surface area contributed by atoms with Gasteiger partial charge in [0.2, 0.25) is 10.0 Å². The molecule has 3 rings (SSSR count). The molecule has 1 fully saturated rings. The first-order valence-corrected chi connectivity index (χ1v) is 12.5. The average molecular weight is 490 g/mol. The van der Waals surface area contributed by atoms with E-state index in [1.165, 1.54) is 34.5 Å². The van der Waals surface area contributed by atoms with Crippen LogP contribution in [0.2, 0.25) is 0 Å². The van der Waals surface area contributed by atoms with E-state index in [0.29, 0.717) is 18.0 Å². The molecule has 34 heavy (non-hydrogen) atoms. The summed E-state index contributed by atoms with van der Waals surface area (Å²) in [5.41, 5.74) is 0.696. The van der Waals surface area contributed by atoms with Gasteiger partial charge in [0.15, 0.2) is 6.61 Å². The van der Waals surface area contributed by atoms with Gasteiger partial charge < -0.3 is 19.7 Å². The molecule has 0 spiro atoms. The maximum Gasteiger partial charge on any atom is 0.259 e. The Morgan fingerprint density at radius 1 is 1.12 bits per heavy atom. The molecule has 1 unspecified atom stereocenters. The van der Waals surface area contributed by atoms with Crippen LogP contribution >= 0.6 is 0 Å². The highest BCUT2D eigenvalue weighted by molar-refractivity contribution is 7.89. The number of anilines is 1. The van der Waals surface area contributed by atoms with E-state index in [1.807, 2.05) is 6.92 Å². The van der Waals surface area contributed by atoms with Crippen LogP contribution in [-0.4, -0.2) is 69.8 Å². The number of piperidine rings is 1. The molecule has 10 heteroatoms. The van der Waals surface area contributed by atoms with Crippen LogP contribution in [0.1, 0.15) is 36.5 Å². The first-order valence-electron chi connectivity index (χ1n) is 11.1. The second-order valence-corrected chi connectivity index (χ2v) is 10.2. The Kier molecular flexibility index (Phi) is 8.16. The molecule has 9 nitrogen and oxygen atoms in total. The van der Waals surface area contributed by atoms with Crippen molar-refractivity contribution in [1.29, 1.82) is 0 Å². The normalized spacial score (nSPS) is 16.5. The van der Waals surface area contributed by atoms with Crippen molar-refractivity contribution in [2.45, 2.75) is 37.1 Å². The minimum absolute atomic E-state index is 0.0225. The summed E-state index contributed by atoms with van der Waals surface area (Å²) in [6.45, 7) is 2.25. The molecule has 1 heterocycles. The predicted molar refractivity (Wildman–Crippen MR) is 129 cm³/mol. The molecule has 2 amide bonds. The monoisotopic (exact) mass is 489 g/mol. The van der Waals surface area contributed by atoms with Gasteiger partial charge in [-0.15, -0.1) is 0 Å². The fourth-order valence-corrected chi connectivity index (χ4v) is 5.57. The number of hydrogen-bond donors (Lipinski definition) is 1. The Labute approximate surface area is 200 Å². The van der Waals surface area contributed by atoms with Crippen LogP contribution in [0.25, 0.3) is 0 Å². The van der Waals surface area contributed by atoms with Crippen molar-refractivity contribution in [2.24, 2.45) is 0 Å². The topological polar surface area (TPSA) is 105 Å². The van der Waals surface area contributed by atoms with Crippen molar-refractivity contribution in [1.82, 2.24) is 9.21 Å². The summed E-state index contributed by atoms with van der Waals surface area (Å²) >= 11 is 0. The van der Waals surface area contributed by atoms with Crippen LogP contribution in [0.4, 0.5) is 5.69 Å². The van der Waals surface area contributed by atoms with Gasteiger partial charge in [-0.3, -0.25) is 9.59 Å². The van der Waals surface area contributed by atoms with E-state index >= 15 is 0 Å². The molecule has 0 aromatic heterocycles. The summed E-state index contributed by atoms with van der Waals surface area (Å²) in [4.78, 5) is 25.9. The van der Waals surface area contributed by atoms with Crippen LogP contribution in [0.5, 0.6) is 11.5 Å². The van der Waals surface area contributed by atoms with E-state index in [0.717, 1.165) is 19.3 Å². The lowest BCUT2D eigenvalue weighted by atomic mass is 10.1. The first-order chi connectivity index (χ1) is 16.1. The average Bonchev–Trinajstić information content (AvgIpc) is 2.83. The van der Waals surface area contributed by atoms with E-state index < -0.39 is 15.9 Å². The molecule has 184 valence electrons. The molecule has 1 N–H and O–H groups in total. The number of methoxy groups -OCH3 is 1. The second-order valence-electron chi connectivity index (χ2n) is 8.38. The standard InChI is InChI=1S/C24H31N3O6S/c1-17-7-5-6-14-27(17)34(30,31)22-15-18(8-13-21(22)32-4)24(29)25-19-9-11-20(12-10-19)33-16-23(28)26(2)3/h8-13,15,17H,5-7,14,16H2,1-4H3,(H,25,29). The van der Waals surface area contributed by atoms with Gasteiger partial charge in [0, 0.05) is 37.9 Å². The highest BCUT2D eigenvalue weighted by Crippen LogP contribution is 2.32. The highest BCUT2D eigenvalue weighted by Gasteiger charge is 2.33. The lowest BCUT2D eigenvalue weighted by molar-refractivity contribution is -0.130. The number of benzene rings is 2. The Morgan fingerprint density at radius 2 is 1.82 bits per heavy atom. The smallest absolute Gasteiger partial charge is 0.259 e. The molecule has 2 aromatic carbocycles. The maximum absolute atomic E-state index is 13.4. The number of carbonyl (C=O) groups is 2. The van der Waals surface area contributed by atoms with Crippen LogP contribution in [-0.2, 0) is 14.8 Å². The minimum Gasteiger partial charge on any atom is -0.495 e. The van der Waals surface area contributed by atoms with E-state index in [-0.39, 0.29) is 34.8 Å². The molecular weight excluding hydrogens is 458 g/mol. The molecule has 1 saturated heterocycles. The Balaban J connectivity index is 1.76. The van der Waals surface area contributed by atoms with Gasteiger partial charge in [-0.05, 0) is 62.2 Å². The molecule has 1 atom stereocenters. The quantitative estimate of drug-likeness (QED) is 0.611. The van der Waals surface area contributed by atoms with Gasteiger partial charge >= 0.3 is 0 Å². The van der Waals surface area contributed by atoms with Crippen molar-refractivity contribution in [2.75, 3.05) is 39.7 Å². The summed E-state index contributed by atoms with van der Waals surface area (Å²) in [6, 6.07) is 10.8. The molecule has 0 bridgehead atoms. The van der Waals surface area contributed by atoms with Crippen LogP contribution in [0, 0.1) is 0 Å². The molecule has 1 aliphatic heterocycles. The zero-order valence-corrected chi connectivity index (χ0v) is 20.7. The van der Waals surface area contributed by atoms with E-state index in [9.17, 15) is 18.0 Å². The number of nitrogens with zero attached hydrogens (tertiary/aromatic N) is 2. The van der Waals surface area contributed by atoms with Crippen molar-refractivity contribution < 1.29 is 27.5 Å². The van der Waals surface area contributed by atoms with Crippen molar-refractivity contribution in [3.05, 3.63) is 48.0 Å². The molecule has 0 aliphatic carbocycles. The first kappa shape index (κ1) is 25.5. The fraction of sp³-hybridized carbons (Fsp3) is 0.417. The van der Waals surface area contributed by atoms with E-state index in [1.54, 1.807) is 38.4 Å². The summed E-state index contributed by atoms with van der Waals surface area (Å²) < 4.78 is 39.0. The van der Waals surface area contributed by atoms with Gasteiger partial charge in [0.25, 0.3) is 11.8 Å². The molecule has 2 aromatic rings. The number of hydrogen-bond acceptors (Lipinski definition) is 6. The zero-order chi connectivity index (χ0) is 24.9. The van der Waals surface area contributed by atoms with Crippen LogP contribution in [0.3, 0.4) is 0 Å². The number of nitrogens with one attached hydrogen (secondary N) is 1. The summed E-state index contributed by atoms with van der Waals surface area (Å²) in [5, 5.41) is 2.75. The zero-order valence-electron chi connectivity index (χ0n) is 19.9. The van der Waals surface area contributed by atoms with E-state index in [2.05, 4.69) is 5.32 Å². The van der Waals surface area contributed by atoms with Crippen molar-refractivity contribution in [3.8, 4) is 11.5 Å². The molecule has 0 saturated carbocycles. The fourth-order valence-electron chi connectivity index (χ4n) is 3.69. The number of carbonyl (C=O) groups excluding carboxylic acids is 2. The Bertz CT molecular complexity index is 1130. The van der Waals surface area contributed by atoms with Gasteiger partial charge in [-0.25, -0.2) is 8.42 Å².